The first-order valence-corrected chi connectivity index (χ1v) is 9.84. The summed E-state index contributed by atoms with van der Waals surface area (Å²) in [6.45, 7) is 0. The zero-order valence-corrected chi connectivity index (χ0v) is 16.6. The van der Waals surface area contributed by atoms with E-state index >= 15 is 0 Å². The third kappa shape index (κ3) is 3.09. The molecule has 3 aromatic rings. The quantitative estimate of drug-likeness (QED) is 0.700. The maximum atomic E-state index is 13.3. The van der Waals surface area contributed by atoms with Crippen LogP contribution in [0.25, 0.3) is 0 Å². The lowest BCUT2D eigenvalue weighted by Crippen LogP contribution is -2.33. The van der Waals surface area contributed by atoms with Gasteiger partial charge in [-0.3, -0.25) is 4.79 Å². The molecule has 1 aromatic heterocycles. The zero-order valence-electron chi connectivity index (χ0n) is 15.8. The number of Topliss-reactive ketones (excluding diaryl/α,β-unsaturated/α-hetero) is 1. The van der Waals surface area contributed by atoms with Crippen molar-refractivity contribution in [3.8, 4) is 5.75 Å². The Kier molecular flexibility index (Phi) is 4.36. The number of halogens is 1. The third-order valence-electron chi connectivity index (χ3n) is 5.61. The van der Waals surface area contributed by atoms with E-state index in [1.165, 1.54) is 6.33 Å². The zero-order chi connectivity index (χ0) is 20.0. The predicted octanol–water partition coefficient (Wildman–Crippen LogP) is 4.36. The lowest BCUT2D eigenvalue weighted by atomic mass is 9.78. The van der Waals surface area contributed by atoms with Crippen LogP contribution in [0.4, 0.5) is 5.95 Å². The van der Waals surface area contributed by atoms with E-state index in [1.54, 1.807) is 11.8 Å². The first-order chi connectivity index (χ1) is 14.1. The number of fused-ring (bicyclic) bond motifs is 1. The van der Waals surface area contributed by atoms with Gasteiger partial charge in [-0.15, -0.1) is 0 Å². The topological polar surface area (TPSA) is 69.0 Å². The predicted molar refractivity (Wildman–Crippen MR) is 110 cm³/mol. The number of benzene rings is 2. The molecule has 0 spiro atoms. The molecule has 2 aliphatic rings. The largest absolute Gasteiger partial charge is 0.497 e. The number of ether oxygens (including phenoxy) is 1. The first kappa shape index (κ1) is 17.9. The molecule has 0 bridgehead atoms. The van der Waals surface area contributed by atoms with Crippen molar-refractivity contribution >= 4 is 23.3 Å². The summed E-state index contributed by atoms with van der Waals surface area (Å²) >= 11 is 6.23. The Balaban J connectivity index is 1.56. The highest BCUT2D eigenvalue weighted by Crippen LogP contribution is 2.44. The van der Waals surface area contributed by atoms with Crippen LogP contribution in [-0.2, 0) is 4.79 Å². The van der Waals surface area contributed by atoms with E-state index in [9.17, 15) is 4.79 Å². The van der Waals surface area contributed by atoms with Crippen LogP contribution in [0.15, 0.2) is 66.1 Å². The molecule has 6 nitrogen and oxygen atoms in total. The van der Waals surface area contributed by atoms with Gasteiger partial charge in [0.1, 0.15) is 18.1 Å². The highest BCUT2D eigenvalue weighted by atomic mass is 35.5. The second-order valence-corrected chi connectivity index (χ2v) is 7.74. The molecule has 1 aliphatic heterocycles. The Morgan fingerprint density at radius 2 is 1.97 bits per heavy atom. The number of ketones is 1. The molecular formula is C22H19ClN4O2. The van der Waals surface area contributed by atoms with Crippen LogP contribution in [0.3, 0.4) is 0 Å². The molecule has 2 aromatic carbocycles. The van der Waals surface area contributed by atoms with Gasteiger partial charge in [0.2, 0.25) is 5.95 Å². The number of carbonyl (C=O) groups excluding carboxylic acids is 1. The minimum absolute atomic E-state index is 0.106. The molecule has 0 saturated carbocycles. The van der Waals surface area contributed by atoms with Gasteiger partial charge in [-0.05, 0) is 47.7 Å². The van der Waals surface area contributed by atoms with Crippen LogP contribution in [0.2, 0.25) is 5.02 Å². The standard InChI is InChI=1S/C22H19ClN4O2/c1-29-17-7-5-13(6-8-17)15-10-18-20(19(28)11-15)21(14-3-2-4-16(23)9-14)27-22(26-18)24-12-25-27/h2-9,12,15,21H,10-11H2,1H3,(H,24,25,26)/t15-,21-/m0/s1. The fourth-order valence-electron chi connectivity index (χ4n) is 4.25. The summed E-state index contributed by atoms with van der Waals surface area (Å²) in [5.74, 6) is 1.66. The van der Waals surface area contributed by atoms with Crippen molar-refractivity contribution in [1.29, 1.82) is 0 Å². The molecular weight excluding hydrogens is 388 g/mol. The Labute approximate surface area is 173 Å². The van der Waals surface area contributed by atoms with E-state index in [0.29, 0.717) is 17.4 Å². The molecule has 1 aliphatic carbocycles. The van der Waals surface area contributed by atoms with Gasteiger partial charge in [-0.2, -0.15) is 10.1 Å². The fraction of sp³-hybridized carbons (Fsp3) is 0.227. The molecule has 146 valence electrons. The van der Waals surface area contributed by atoms with Crippen molar-refractivity contribution in [3.05, 3.63) is 82.3 Å². The number of methoxy groups -OCH3 is 1. The molecule has 2 atom stereocenters. The highest BCUT2D eigenvalue weighted by Gasteiger charge is 2.39. The maximum Gasteiger partial charge on any atom is 0.226 e. The molecule has 0 amide bonds. The average Bonchev–Trinajstić information content (AvgIpc) is 3.20. The van der Waals surface area contributed by atoms with Gasteiger partial charge >= 0.3 is 0 Å². The Morgan fingerprint density at radius 1 is 1.14 bits per heavy atom. The second-order valence-electron chi connectivity index (χ2n) is 7.30. The SMILES string of the molecule is COc1ccc([C@@H]2CC(=O)C3=C(C2)Nc2ncnn2[C@H]3c2cccc(Cl)c2)cc1. The van der Waals surface area contributed by atoms with Gasteiger partial charge in [-0.1, -0.05) is 35.9 Å². The molecule has 1 N–H and O–H groups in total. The molecule has 0 radical (unpaired) electrons. The smallest absolute Gasteiger partial charge is 0.226 e. The van der Waals surface area contributed by atoms with E-state index in [1.807, 2.05) is 48.5 Å². The van der Waals surface area contributed by atoms with Gasteiger partial charge in [0, 0.05) is 22.7 Å². The monoisotopic (exact) mass is 406 g/mol. The van der Waals surface area contributed by atoms with E-state index in [0.717, 1.165) is 34.6 Å². The summed E-state index contributed by atoms with van der Waals surface area (Å²) in [7, 11) is 1.65. The van der Waals surface area contributed by atoms with E-state index in [4.69, 9.17) is 16.3 Å². The van der Waals surface area contributed by atoms with Gasteiger partial charge in [0.15, 0.2) is 5.78 Å². The molecule has 7 heteroatoms. The van der Waals surface area contributed by atoms with Crippen LogP contribution >= 0.6 is 11.6 Å². The van der Waals surface area contributed by atoms with Crippen molar-refractivity contribution in [3.63, 3.8) is 0 Å². The summed E-state index contributed by atoms with van der Waals surface area (Å²) in [4.78, 5) is 17.7. The number of hydrogen-bond acceptors (Lipinski definition) is 5. The Bertz CT molecular complexity index is 1120. The molecule has 0 fully saturated rings. The summed E-state index contributed by atoms with van der Waals surface area (Å²) in [6, 6.07) is 15.2. The van der Waals surface area contributed by atoms with Gasteiger partial charge in [0.25, 0.3) is 0 Å². The fourth-order valence-corrected chi connectivity index (χ4v) is 4.45. The number of rotatable bonds is 3. The van der Waals surface area contributed by atoms with Crippen LogP contribution in [0.5, 0.6) is 5.75 Å². The molecule has 0 saturated heterocycles. The lowest BCUT2D eigenvalue weighted by molar-refractivity contribution is -0.116. The third-order valence-corrected chi connectivity index (χ3v) is 5.85. The Morgan fingerprint density at radius 3 is 2.72 bits per heavy atom. The average molecular weight is 407 g/mol. The van der Waals surface area contributed by atoms with Gasteiger partial charge < -0.3 is 10.1 Å². The normalized spacial score (nSPS) is 20.7. The van der Waals surface area contributed by atoms with E-state index < -0.39 is 0 Å². The van der Waals surface area contributed by atoms with Crippen LogP contribution in [-0.4, -0.2) is 27.7 Å². The van der Waals surface area contributed by atoms with Crippen molar-refractivity contribution in [2.45, 2.75) is 24.8 Å². The number of nitrogens with one attached hydrogen (secondary N) is 1. The first-order valence-electron chi connectivity index (χ1n) is 9.46. The second kappa shape index (κ2) is 7.04. The van der Waals surface area contributed by atoms with Crippen molar-refractivity contribution in [1.82, 2.24) is 14.8 Å². The van der Waals surface area contributed by atoms with Crippen LogP contribution < -0.4 is 10.1 Å². The summed E-state index contributed by atoms with van der Waals surface area (Å²) in [6.07, 6.45) is 2.69. The molecule has 5 rings (SSSR count). The van der Waals surface area contributed by atoms with Crippen molar-refractivity contribution in [2.75, 3.05) is 12.4 Å². The van der Waals surface area contributed by atoms with Crippen LogP contribution in [0, 0.1) is 0 Å². The van der Waals surface area contributed by atoms with Crippen LogP contribution in [0.1, 0.15) is 35.9 Å². The highest BCUT2D eigenvalue weighted by molar-refractivity contribution is 6.30. The van der Waals surface area contributed by atoms with E-state index in [-0.39, 0.29) is 17.7 Å². The Hall–Kier alpha value is -3.12. The van der Waals surface area contributed by atoms with Crippen molar-refractivity contribution < 1.29 is 9.53 Å². The summed E-state index contributed by atoms with van der Waals surface area (Å²) in [5, 5.41) is 8.33. The maximum absolute atomic E-state index is 13.3. The number of allylic oxidation sites excluding steroid dienone is 2. The number of aromatic nitrogens is 3. The number of hydrogen-bond donors (Lipinski definition) is 1. The molecule has 0 unspecified atom stereocenters. The minimum atomic E-state index is -0.327. The minimum Gasteiger partial charge on any atom is -0.497 e. The number of anilines is 1. The number of nitrogens with zero attached hydrogens (tertiary/aromatic N) is 3. The number of carbonyl (C=O) groups is 1. The summed E-state index contributed by atoms with van der Waals surface area (Å²) < 4.78 is 7.01. The van der Waals surface area contributed by atoms with Gasteiger partial charge in [-0.25, -0.2) is 4.68 Å². The van der Waals surface area contributed by atoms with E-state index in [2.05, 4.69) is 15.4 Å². The lowest BCUT2D eigenvalue weighted by Gasteiger charge is -2.35. The summed E-state index contributed by atoms with van der Waals surface area (Å²) in [5.41, 5.74) is 3.70. The van der Waals surface area contributed by atoms with Crippen molar-refractivity contribution in [2.24, 2.45) is 0 Å². The van der Waals surface area contributed by atoms with Gasteiger partial charge in [0.05, 0.1) is 7.11 Å². The molecule has 29 heavy (non-hydrogen) atoms. The molecule has 2 heterocycles.